The van der Waals surface area contributed by atoms with Crippen LogP contribution >= 0.6 is 23.2 Å². The van der Waals surface area contributed by atoms with Gasteiger partial charge < -0.3 is 14.5 Å². The summed E-state index contributed by atoms with van der Waals surface area (Å²) in [7, 11) is 0. The van der Waals surface area contributed by atoms with Crippen molar-refractivity contribution in [2.24, 2.45) is 0 Å². The van der Waals surface area contributed by atoms with Gasteiger partial charge in [-0.05, 0) is 48.9 Å². The zero-order valence-electron chi connectivity index (χ0n) is 14.7. The number of halogens is 2. The van der Waals surface area contributed by atoms with Gasteiger partial charge in [0.2, 0.25) is 0 Å². The maximum Gasteiger partial charge on any atom is 0.263 e. The Morgan fingerprint density at radius 1 is 1.04 bits per heavy atom. The topological polar surface area (TPSA) is 32.8 Å². The van der Waals surface area contributed by atoms with E-state index in [1.54, 1.807) is 24.3 Å². The molecule has 6 heteroatoms. The summed E-state index contributed by atoms with van der Waals surface area (Å²) in [5.74, 6) is 0.695. The van der Waals surface area contributed by atoms with Crippen molar-refractivity contribution in [3.8, 4) is 5.75 Å². The molecule has 0 spiro atoms. The van der Waals surface area contributed by atoms with Crippen molar-refractivity contribution in [3.05, 3.63) is 58.6 Å². The molecule has 2 aromatic rings. The van der Waals surface area contributed by atoms with Gasteiger partial charge in [-0.25, -0.2) is 0 Å². The molecular weight excluding hydrogens is 371 g/mol. The standard InChI is InChI=1S/C20H22Cl2N2O2/c1-2-19(26-18-8-6-15(21)7-9-18)20(25)24-12-10-23(11-13-24)17-5-3-4-16(22)14-17/h3-9,14,19H,2,10-13H2,1H3/t19-/m1/s1. The number of amides is 1. The third kappa shape index (κ3) is 4.63. The minimum atomic E-state index is -0.478. The van der Waals surface area contributed by atoms with E-state index in [-0.39, 0.29) is 5.91 Å². The van der Waals surface area contributed by atoms with Crippen LogP contribution in [0.5, 0.6) is 5.75 Å². The van der Waals surface area contributed by atoms with Crippen LogP contribution in [-0.2, 0) is 4.79 Å². The summed E-state index contributed by atoms with van der Waals surface area (Å²) in [5.41, 5.74) is 1.09. The van der Waals surface area contributed by atoms with Gasteiger partial charge in [-0.15, -0.1) is 0 Å². The Balaban J connectivity index is 1.58. The molecule has 0 aliphatic carbocycles. The van der Waals surface area contributed by atoms with Crippen LogP contribution in [0, 0.1) is 0 Å². The van der Waals surface area contributed by atoms with Gasteiger partial charge >= 0.3 is 0 Å². The van der Waals surface area contributed by atoms with E-state index in [9.17, 15) is 4.79 Å². The number of rotatable bonds is 5. The van der Waals surface area contributed by atoms with Gasteiger partial charge in [0.15, 0.2) is 6.10 Å². The Hall–Kier alpha value is -1.91. The Morgan fingerprint density at radius 3 is 2.35 bits per heavy atom. The van der Waals surface area contributed by atoms with Crippen LogP contribution in [0.15, 0.2) is 48.5 Å². The lowest BCUT2D eigenvalue weighted by molar-refractivity contribution is -0.139. The second-order valence-electron chi connectivity index (χ2n) is 6.26. The first-order valence-electron chi connectivity index (χ1n) is 8.78. The minimum Gasteiger partial charge on any atom is -0.481 e. The molecule has 26 heavy (non-hydrogen) atoms. The van der Waals surface area contributed by atoms with Crippen LogP contribution in [-0.4, -0.2) is 43.1 Å². The van der Waals surface area contributed by atoms with Crippen molar-refractivity contribution in [1.29, 1.82) is 0 Å². The molecule has 3 rings (SSSR count). The van der Waals surface area contributed by atoms with E-state index in [0.717, 1.165) is 23.8 Å². The van der Waals surface area contributed by atoms with Crippen molar-refractivity contribution in [1.82, 2.24) is 4.90 Å². The minimum absolute atomic E-state index is 0.0354. The number of hydrogen-bond acceptors (Lipinski definition) is 3. The summed E-state index contributed by atoms with van der Waals surface area (Å²) in [6, 6.07) is 14.9. The summed E-state index contributed by atoms with van der Waals surface area (Å²) in [5, 5.41) is 1.37. The Kier molecular flexibility index (Phi) is 6.28. The maximum atomic E-state index is 12.8. The molecule has 1 aliphatic heterocycles. The van der Waals surface area contributed by atoms with Gasteiger partial charge in [-0.1, -0.05) is 36.2 Å². The largest absolute Gasteiger partial charge is 0.481 e. The van der Waals surface area contributed by atoms with Gasteiger partial charge in [0, 0.05) is 41.9 Å². The summed E-state index contributed by atoms with van der Waals surface area (Å²) >= 11 is 12.0. The fraction of sp³-hybridized carbons (Fsp3) is 0.350. The SMILES string of the molecule is CC[C@@H](Oc1ccc(Cl)cc1)C(=O)N1CCN(c2cccc(Cl)c2)CC1. The predicted molar refractivity (Wildman–Crippen MR) is 106 cm³/mol. The summed E-state index contributed by atoms with van der Waals surface area (Å²) in [6.07, 6.45) is 0.143. The van der Waals surface area contributed by atoms with Crippen LogP contribution in [0.2, 0.25) is 10.0 Å². The number of carbonyl (C=O) groups is 1. The second-order valence-corrected chi connectivity index (χ2v) is 7.13. The molecule has 2 aromatic carbocycles. The lowest BCUT2D eigenvalue weighted by Crippen LogP contribution is -2.52. The number of ether oxygens (including phenoxy) is 1. The lowest BCUT2D eigenvalue weighted by atomic mass is 10.2. The van der Waals surface area contributed by atoms with E-state index in [0.29, 0.717) is 30.3 Å². The van der Waals surface area contributed by atoms with Crippen molar-refractivity contribution in [2.75, 3.05) is 31.1 Å². The van der Waals surface area contributed by atoms with E-state index in [2.05, 4.69) is 4.90 Å². The van der Waals surface area contributed by atoms with Crippen LogP contribution in [0.25, 0.3) is 0 Å². The normalized spacial score (nSPS) is 15.7. The molecule has 0 saturated carbocycles. The van der Waals surface area contributed by atoms with Crippen molar-refractivity contribution < 1.29 is 9.53 Å². The number of nitrogens with zero attached hydrogens (tertiary/aromatic N) is 2. The second kappa shape index (κ2) is 8.65. The van der Waals surface area contributed by atoms with Crippen molar-refractivity contribution in [2.45, 2.75) is 19.4 Å². The predicted octanol–water partition coefficient (Wildman–Crippen LogP) is 4.50. The van der Waals surface area contributed by atoms with Crippen LogP contribution in [0.4, 0.5) is 5.69 Å². The maximum absolute atomic E-state index is 12.8. The number of carbonyl (C=O) groups excluding carboxylic acids is 1. The first kappa shape index (κ1) is 18.9. The average molecular weight is 393 g/mol. The van der Waals surface area contributed by atoms with E-state index >= 15 is 0 Å². The number of benzene rings is 2. The molecule has 1 atom stereocenters. The highest BCUT2D eigenvalue weighted by molar-refractivity contribution is 6.31. The van der Waals surface area contributed by atoms with Crippen LogP contribution < -0.4 is 9.64 Å². The van der Waals surface area contributed by atoms with Crippen LogP contribution in [0.1, 0.15) is 13.3 Å². The molecule has 0 unspecified atom stereocenters. The van der Waals surface area contributed by atoms with Gasteiger partial charge in [-0.3, -0.25) is 4.79 Å². The summed E-state index contributed by atoms with van der Waals surface area (Å²) in [4.78, 5) is 17.0. The molecule has 0 radical (unpaired) electrons. The Morgan fingerprint density at radius 2 is 1.73 bits per heavy atom. The monoisotopic (exact) mass is 392 g/mol. The third-order valence-electron chi connectivity index (χ3n) is 4.50. The highest BCUT2D eigenvalue weighted by Gasteiger charge is 2.28. The molecule has 1 heterocycles. The molecule has 4 nitrogen and oxygen atoms in total. The molecular formula is C20H22Cl2N2O2. The van der Waals surface area contributed by atoms with Crippen molar-refractivity contribution >= 4 is 34.8 Å². The zero-order valence-corrected chi connectivity index (χ0v) is 16.2. The molecule has 1 amide bonds. The molecule has 0 N–H and O–H groups in total. The van der Waals surface area contributed by atoms with Gasteiger partial charge in [0.25, 0.3) is 5.91 Å². The molecule has 1 aliphatic rings. The average Bonchev–Trinajstić information content (AvgIpc) is 2.67. The summed E-state index contributed by atoms with van der Waals surface area (Å²) in [6.45, 7) is 4.87. The number of anilines is 1. The Bertz CT molecular complexity index is 744. The van der Waals surface area contributed by atoms with Crippen LogP contribution in [0.3, 0.4) is 0 Å². The molecule has 0 bridgehead atoms. The first-order valence-corrected chi connectivity index (χ1v) is 9.54. The van der Waals surface area contributed by atoms with Gasteiger partial charge in [0.1, 0.15) is 5.75 Å². The zero-order chi connectivity index (χ0) is 18.5. The van der Waals surface area contributed by atoms with Crippen molar-refractivity contribution in [3.63, 3.8) is 0 Å². The van der Waals surface area contributed by atoms with E-state index in [1.165, 1.54) is 0 Å². The van der Waals surface area contributed by atoms with E-state index < -0.39 is 6.10 Å². The fourth-order valence-corrected chi connectivity index (χ4v) is 3.36. The lowest BCUT2D eigenvalue weighted by Gasteiger charge is -2.37. The smallest absolute Gasteiger partial charge is 0.263 e. The number of piperazine rings is 1. The quantitative estimate of drug-likeness (QED) is 0.750. The fourth-order valence-electron chi connectivity index (χ4n) is 3.05. The molecule has 1 saturated heterocycles. The van der Waals surface area contributed by atoms with Gasteiger partial charge in [0.05, 0.1) is 0 Å². The number of hydrogen-bond donors (Lipinski definition) is 0. The van der Waals surface area contributed by atoms with E-state index in [4.69, 9.17) is 27.9 Å². The van der Waals surface area contributed by atoms with Gasteiger partial charge in [-0.2, -0.15) is 0 Å². The summed E-state index contributed by atoms with van der Waals surface area (Å²) < 4.78 is 5.88. The van der Waals surface area contributed by atoms with E-state index in [1.807, 2.05) is 36.1 Å². The molecule has 0 aromatic heterocycles. The highest BCUT2D eigenvalue weighted by atomic mass is 35.5. The molecule has 1 fully saturated rings. The first-order chi connectivity index (χ1) is 12.6. The third-order valence-corrected chi connectivity index (χ3v) is 4.99. The molecule has 138 valence electrons. The highest BCUT2D eigenvalue weighted by Crippen LogP contribution is 2.22. The Labute approximate surface area is 164 Å².